The molecule has 1 fully saturated rings. The number of nitrogen functional groups attached to an aromatic ring is 1. The van der Waals surface area contributed by atoms with Gasteiger partial charge in [-0.05, 0) is 19.0 Å². The molecule has 7 heteroatoms. The maximum atomic E-state index is 5.91. The first-order chi connectivity index (χ1) is 11.2. The monoisotopic (exact) mass is 317 g/mol. The summed E-state index contributed by atoms with van der Waals surface area (Å²) in [5, 5.41) is 4.41. The van der Waals surface area contributed by atoms with Gasteiger partial charge in [0.2, 0.25) is 5.95 Å². The van der Waals surface area contributed by atoms with E-state index < -0.39 is 0 Å². The normalized spacial score (nSPS) is 17.7. The van der Waals surface area contributed by atoms with E-state index in [1.807, 2.05) is 12.1 Å². The fourth-order valence-electron chi connectivity index (χ4n) is 3.11. The van der Waals surface area contributed by atoms with Gasteiger partial charge in [0.15, 0.2) is 11.5 Å². The largest absolute Gasteiger partial charge is 0.493 e. The number of aromatic nitrogens is 2. The molecule has 1 atom stereocenters. The average Bonchev–Trinajstić information content (AvgIpc) is 3.01. The molecule has 1 aromatic carbocycles. The van der Waals surface area contributed by atoms with Crippen molar-refractivity contribution in [3.8, 4) is 11.5 Å². The van der Waals surface area contributed by atoms with Crippen molar-refractivity contribution >= 4 is 22.7 Å². The number of hydrogen-bond donors (Lipinski definition) is 2. The highest BCUT2D eigenvalue weighted by molar-refractivity contribution is 5.93. The molecule has 0 saturated carbocycles. The Labute approximate surface area is 135 Å². The Kier molecular flexibility index (Phi) is 4.38. The second-order valence-electron chi connectivity index (χ2n) is 5.62. The predicted molar refractivity (Wildman–Crippen MR) is 91.3 cm³/mol. The maximum Gasteiger partial charge on any atom is 0.222 e. The van der Waals surface area contributed by atoms with Crippen LogP contribution in [0.15, 0.2) is 12.1 Å². The van der Waals surface area contributed by atoms with Crippen molar-refractivity contribution in [2.24, 2.45) is 0 Å². The summed E-state index contributed by atoms with van der Waals surface area (Å²) >= 11 is 0. The fraction of sp³-hybridized carbons (Fsp3) is 0.500. The van der Waals surface area contributed by atoms with E-state index in [1.165, 1.54) is 0 Å². The van der Waals surface area contributed by atoms with Crippen LogP contribution in [0.25, 0.3) is 10.9 Å². The number of fused-ring (bicyclic) bond motifs is 1. The first-order valence-electron chi connectivity index (χ1n) is 7.83. The minimum absolute atomic E-state index is 0.270. The van der Waals surface area contributed by atoms with Crippen LogP contribution in [0.4, 0.5) is 11.8 Å². The summed E-state index contributed by atoms with van der Waals surface area (Å²) in [7, 11) is 3.23. The molecule has 0 aliphatic carbocycles. The Morgan fingerprint density at radius 1 is 1.26 bits per heavy atom. The van der Waals surface area contributed by atoms with Gasteiger partial charge in [0, 0.05) is 30.6 Å². The van der Waals surface area contributed by atoms with Gasteiger partial charge in [-0.2, -0.15) is 4.98 Å². The number of likely N-dealkylation sites (N-methyl/N-ethyl adjacent to an activating group) is 1. The lowest BCUT2D eigenvalue weighted by atomic mass is 10.2. The SMILES string of the molecule is CCNC1CCN(c2nc(N)nc3cc(OC)c(OC)cc23)C1. The molecular formula is C16H23N5O2. The summed E-state index contributed by atoms with van der Waals surface area (Å²) < 4.78 is 10.8. The lowest BCUT2D eigenvalue weighted by Crippen LogP contribution is -2.32. The third kappa shape index (κ3) is 2.96. The molecule has 2 aromatic rings. The number of nitrogens with one attached hydrogen (secondary N) is 1. The molecule has 0 radical (unpaired) electrons. The first-order valence-corrected chi connectivity index (χ1v) is 7.83. The first kappa shape index (κ1) is 15.6. The molecule has 124 valence electrons. The van der Waals surface area contributed by atoms with Crippen LogP contribution in [0.5, 0.6) is 11.5 Å². The van der Waals surface area contributed by atoms with E-state index in [0.717, 1.165) is 42.8 Å². The van der Waals surface area contributed by atoms with E-state index >= 15 is 0 Å². The molecule has 1 saturated heterocycles. The molecule has 23 heavy (non-hydrogen) atoms. The van der Waals surface area contributed by atoms with Crippen LogP contribution in [0.3, 0.4) is 0 Å². The van der Waals surface area contributed by atoms with Crippen molar-refractivity contribution in [3.63, 3.8) is 0 Å². The quantitative estimate of drug-likeness (QED) is 0.862. The predicted octanol–water partition coefficient (Wildman–Crippen LogP) is 1.42. The zero-order chi connectivity index (χ0) is 16.4. The Morgan fingerprint density at radius 2 is 2.00 bits per heavy atom. The van der Waals surface area contributed by atoms with Gasteiger partial charge in [-0.25, -0.2) is 4.98 Å². The summed E-state index contributed by atoms with van der Waals surface area (Å²) in [6.45, 7) is 4.94. The van der Waals surface area contributed by atoms with Crippen LogP contribution in [0.2, 0.25) is 0 Å². The second-order valence-corrected chi connectivity index (χ2v) is 5.62. The van der Waals surface area contributed by atoms with Crippen molar-refractivity contribution in [2.45, 2.75) is 19.4 Å². The zero-order valence-corrected chi connectivity index (χ0v) is 13.8. The van der Waals surface area contributed by atoms with Crippen molar-refractivity contribution in [1.82, 2.24) is 15.3 Å². The number of ether oxygens (including phenoxy) is 2. The highest BCUT2D eigenvalue weighted by atomic mass is 16.5. The number of methoxy groups -OCH3 is 2. The summed E-state index contributed by atoms with van der Waals surface area (Å²) in [5.41, 5.74) is 6.67. The van der Waals surface area contributed by atoms with E-state index in [4.69, 9.17) is 15.2 Å². The Hall–Kier alpha value is -2.28. The van der Waals surface area contributed by atoms with Crippen molar-refractivity contribution < 1.29 is 9.47 Å². The van der Waals surface area contributed by atoms with Gasteiger partial charge in [0.05, 0.1) is 19.7 Å². The average molecular weight is 317 g/mol. The standard InChI is InChI=1S/C16H23N5O2/c1-4-18-10-5-6-21(9-10)15-11-7-13(22-2)14(23-3)8-12(11)19-16(17)20-15/h7-8,10,18H,4-6,9H2,1-3H3,(H2,17,19,20). The number of benzene rings is 1. The Balaban J connectivity index is 2.06. The van der Waals surface area contributed by atoms with Crippen molar-refractivity contribution in [2.75, 3.05) is 44.5 Å². The molecule has 1 aliphatic heterocycles. The zero-order valence-electron chi connectivity index (χ0n) is 13.8. The lowest BCUT2D eigenvalue weighted by Gasteiger charge is -2.20. The number of hydrogen-bond acceptors (Lipinski definition) is 7. The molecule has 3 N–H and O–H groups in total. The van der Waals surface area contributed by atoms with E-state index in [2.05, 4.69) is 27.1 Å². The van der Waals surface area contributed by atoms with E-state index in [9.17, 15) is 0 Å². The van der Waals surface area contributed by atoms with Crippen LogP contribution in [0.1, 0.15) is 13.3 Å². The van der Waals surface area contributed by atoms with Crippen LogP contribution in [-0.4, -0.2) is 49.9 Å². The molecule has 2 heterocycles. The number of nitrogens with two attached hydrogens (primary N) is 1. The molecule has 0 spiro atoms. The second kappa shape index (κ2) is 6.45. The van der Waals surface area contributed by atoms with Gasteiger partial charge in [0.1, 0.15) is 5.82 Å². The highest BCUT2D eigenvalue weighted by Crippen LogP contribution is 2.36. The van der Waals surface area contributed by atoms with Gasteiger partial charge >= 0.3 is 0 Å². The van der Waals surface area contributed by atoms with Crippen molar-refractivity contribution in [3.05, 3.63) is 12.1 Å². The summed E-state index contributed by atoms with van der Waals surface area (Å²) in [5.74, 6) is 2.42. The van der Waals surface area contributed by atoms with E-state index in [0.29, 0.717) is 17.5 Å². The van der Waals surface area contributed by atoms with Crippen LogP contribution < -0.4 is 25.4 Å². The number of rotatable bonds is 5. The van der Waals surface area contributed by atoms with Crippen LogP contribution >= 0.6 is 0 Å². The minimum atomic E-state index is 0.270. The minimum Gasteiger partial charge on any atom is -0.493 e. The Bertz CT molecular complexity index is 706. The van der Waals surface area contributed by atoms with E-state index in [1.54, 1.807) is 14.2 Å². The fourth-order valence-corrected chi connectivity index (χ4v) is 3.11. The molecule has 0 bridgehead atoms. The molecule has 0 amide bonds. The lowest BCUT2D eigenvalue weighted by molar-refractivity contribution is 0.356. The Morgan fingerprint density at radius 3 is 2.70 bits per heavy atom. The van der Waals surface area contributed by atoms with Gasteiger partial charge in [-0.1, -0.05) is 6.92 Å². The maximum absolute atomic E-state index is 5.91. The van der Waals surface area contributed by atoms with Gasteiger partial charge < -0.3 is 25.4 Å². The molecule has 1 aromatic heterocycles. The highest BCUT2D eigenvalue weighted by Gasteiger charge is 2.25. The third-order valence-corrected chi connectivity index (χ3v) is 4.18. The summed E-state index contributed by atoms with van der Waals surface area (Å²) in [6.07, 6.45) is 1.09. The van der Waals surface area contributed by atoms with Gasteiger partial charge in [-0.3, -0.25) is 0 Å². The summed E-state index contributed by atoms with van der Waals surface area (Å²) in [6, 6.07) is 4.24. The molecule has 3 rings (SSSR count). The van der Waals surface area contributed by atoms with Crippen LogP contribution in [-0.2, 0) is 0 Å². The molecule has 7 nitrogen and oxygen atoms in total. The number of nitrogens with zero attached hydrogens (tertiary/aromatic N) is 3. The van der Waals surface area contributed by atoms with E-state index in [-0.39, 0.29) is 5.95 Å². The molecular weight excluding hydrogens is 294 g/mol. The van der Waals surface area contributed by atoms with Crippen molar-refractivity contribution in [1.29, 1.82) is 0 Å². The third-order valence-electron chi connectivity index (χ3n) is 4.18. The van der Waals surface area contributed by atoms with Gasteiger partial charge in [0.25, 0.3) is 0 Å². The smallest absolute Gasteiger partial charge is 0.222 e. The number of anilines is 2. The summed E-state index contributed by atoms with van der Waals surface area (Å²) in [4.78, 5) is 11.1. The van der Waals surface area contributed by atoms with Gasteiger partial charge in [-0.15, -0.1) is 0 Å². The molecule has 1 aliphatic rings. The van der Waals surface area contributed by atoms with Crippen LogP contribution in [0, 0.1) is 0 Å². The molecule has 1 unspecified atom stereocenters. The topological polar surface area (TPSA) is 85.5 Å².